The van der Waals surface area contributed by atoms with Gasteiger partial charge in [-0.15, -0.1) is 5.10 Å². The van der Waals surface area contributed by atoms with Gasteiger partial charge in [0.2, 0.25) is 5.91 Å². The molecule has 0 N–H and O–H groups in total. The predicted octanol–water partition coefficient (Wildman–Crippen LogP) is 2.74. The molecule has 1 saturated heterocycles. The molecule has 2 heterocycles. The number of rotatable bonds is 5. The quantitative estimate of drug-likeness (QED) is 0.646. The minimum atomic E-state index is -0.449. The molecule has 0 radical (unpaired) electrons. The summed E-state index contributed by atoms with van der Waals surface area (Å²) >= 11 is 0. The third-order valence-corrected chi connectivity index (χ3v) is 5.60. The topological polar surface area (TPSA) is 77.3 Å². The number of benzene rings is 2. The summed E-state index contributed by atoms with van der Waals surface area (Å²) in [5, 5.41) is 8.35. The van der Waals surface area contributed by atoms with Gasteiger partial charge in [-0.05, 0) is 49.1 Å². The first kappa shape index (κ1) is 20.0. The van der Waals surface area contributed by atoms with Gasteiger partial charge in [0.15, 0.2) is 0 Å². The lowest BCUT2D eigenvalue weighted by Crippen LogP contribution is -2.41. The lowest BCUT2D eigenvalue weighted by Gasteiger charge is -2.32. The Hall–Kier alpha value is -3.29. The Labute approximate surface area is 173 Å². The van der Waals surface area contributed by atoms with Gasteiger partial charge in [-0.1, -0.05) is 17.3 Å². The Morgan fingerprint density at radius 1 is 1.17 bits per heavy atom. The monoisotopic (exact) mass is 410 g/mol. The van der Waals surface area contributed by atoms with Gasteiger partial charge in [0.05, 0.1) is 18.5 Å². The molecule has 1 fully saturated rings. The van der Waals surface area contributed by atoms with Gasteiger partial charge in [0, 0.05) is 25.6 Å². The molecule has 1 amide bonds. The number of carbonyl (C=O) groups excluding carboxylic acids is 1. The van der Waals surface area contributed by atoms with E-state index >= 15 is 0 Å². The van der Waals surface area contributed by atoms with E-state index in [0.717, 1.165) is 11.3 Å². The summed E-state index contributed by atoms with van der Waals surface area (Å²) < 4.78 is 19.9. The van der Waals surface area contributed by atoms with Gasteiger partial charge in [0.1, 0.15) is 17.1 Å². The fourth-order valence-electron chi connectivity index (χ4n) is 3.83. The molecule has 1 aliphatic heterocycles. The number of ether oxygens (including phenoxy) is 1. The van der Waals surface area contributed by atoms with Crippen molar-refractivity contribution in [3.63, 3.8) is 0 Å². The predicted molar refractivity (Wildman–Crippen MR) is 110 cm³/mol. The number of likely N-dealkylation sites (tertiary alicyclic amines) is 1. The van der Waals surface area contributed by atoms with Gasteiger partial charge in [0.25, 0.3) is 5.56 Å². The molecule has 156 valence electrons. The number of piperidine rings is 1. The molecule has 7 nitrogen and oxygen atoms in total. The third-order valence-electron chi connectivity index (χ3n) is 5.60. The Balaban J connectivity index is 1.35. The molecule has 0 spiro atoms. The minimum absolute atomic E-state index is 0.108. The van der Waals surface area contributed by atoms with Gasteiger partial charge >= 0.3 is 0 Å². The molecular weight excluding hydrogens is 387 g/mol. The fourth-order valence-corrected chi connectivity index (χ4v) is 3.83. The first-order valence-electron chi connectivity index (χ1n) is 10.0. The van der Waals surface area contributed by atoms with Crippen LogP contribution in [-0.4, -0.2) is 46.0 Å². The molecule has 2 aromatic carbocycles. The van der Waals surface area contributed by atoms with Crippen LogP contribution in [0.2, 0.25) is 0 Å². The largest absolute Gasteiger partial charge is 0.497 e. The lowest BCUT2D eigenvalue weighted by molar-refractivity contribution is -0.132. The van der Waals surface area contributed by atoms with E-state index in [0.29, 0.717) is 44.2 Å². The van der Waals surface area contributed by atoms with Crippen LogP contribution in [0.3, 0.4) is 0 Å². The van der Waals surface area contributed by atoms with Crippen LogP contribution in [0, 0.1) is 5.82 Å². The number of amides is 1. The molecule has 0 aliphatic carbocycles. The van der Waals surface area contributed by atoms with E-state index in [4.69, 9.17) is 4.74 Å². The van der Waals surface area contributed by atoms with E-state index in [2.05, 4.69) is 10.3 Å². The van der Waals surface area contributed by atoms with Crippen LogP contribution in [0.1, 0.15) is 30.9 Å². The highest BCUT2D eigenvalue weighted by Gasteiger charge is 2.25. The van der Waals surface area contributed by atoms with Crippen molar-refractivity contribution in [2.75, 3.05) is 20.2 Å². The number of aryl methyl sites for hydroxylation is 1. The summed E-state index contributed by atoms with van der Waals surface area (Å²) in [5.41, 5.74) is 1.07. The van der Waals surface area contributed by atoms with Crippen molar-refractivity contribution in [3.05, 3.63) is 64.2 Å². The van der Waals surface area contributed by atoms with E-state index in [-0.39, 0.29) is 23.0 Å². The van der Waals surface area contributed by atoms with Crippen LogP contribution in [0.5, 0.6) is 5.75 Å². The Kier molecular flexibility index (Phi) is 5.74. The Morgan fingerprint density at radius 2 is 1.90 bits per heavy atom. The fraction of sp³-hybridized carbons (Fsp3) is 0.364. The van der Waals surface area contributed by atoms with Crippen LogP contribution in [0.15, 0.2) is 47.3 Å². The summed E-state index contributed by atoms with van der Waals surface area (Å²) in [6.45, 7) is 1.14. The molecule has 0 unspecified atom stereocenters. The van der Waals surface area contributed by atoms with Crippen molar-refractivity contribution in [2.45, 2.75) is 31.7 Å². The summed E-state index contributed by atoms with van der Waals surface area (Å²) in [4.78, 5) is 27.1. The zero-order chi connectivity index (χ0) is 21.1. The average molecular weight is 410 g/mol. The van der Waals surface area contributed by atoms with Gasteiger partial charge in [-0.25, -0.2) is 9.07 Å². The number of fused-ring (bicyclic) bond motifs is 1. The Bertz CT molecular complexity index is 1110. The number of hydrogen-bond donors (Lipinski definition) is 0. The molecule has 3 aromatic rings. The number of halogens is 1. The summed E-state index contributed by atoms with van der Waals surface area (Å²) in [6.07, 6.45) is 2.39. The van der Waals surface area contributed by atoms with Crippen molar-refractivity contribution >= 4 is 16.8 Å². The lowest BCUT2D eigenvalue weighted by atomic mass is 10.0. The number of nitrogens with zero attached hydrogens (tertiary/aromatic N) is 4. The second-order valence-corrected chi connectivity index (χ2v) is 7.46. The zero-order valence-electron chi connectivity index (χ0n) is 16.8. The van der Waals surface area contributed by atoms with Crippen LogP contribution < -0.4 is 10.3 Å². The molecular formula is C22H23FN4O3. The van der Waals surface area contributed by atoms with Crippen molar-refractivity contribution in [2.24, 2.45) is 0 Å². The smallest absolute Gasteiger partial charge is 0.277 e. The van der Waals surface area contributed by atoms with E-state index in [1.165, 1.54) is 22.9 Å². The number of aromatic nitrogens is 3. The van der Waals surface area contributed by atoms with Crippen LogP contribution in [0.25, 0.3) is 10.9 Å². The van der Waals surface area contributed by atoms with Gasteiger partial charge in [-0.3, -0.25) is 9.59 Å². The van der Waals surface area contributed by atoms with Gasteiger partial charge < -0.3 is 9.64 Å². The highest BCUT2D eigenvalue weighted by molar-refractivity contribution is 5.77. The highest BCUT2D eigenvalue weighted by atomic mass is 19.1. The maximum Gasteiger partial charge on any atom is 0.277 e. The van der Waals surface area contributed by atoms with Gasteiger partial charge in [-0.2, -0.15) is 0 Å². The molecule has 8 heteroatoms. The second-order valence-electron chi connectivity index (χ2n) is 7.46. The molecule has 0 atom stereocenters. The third kappa shape index (κ3) is 4.17. The SMILES string of the molecule is COc1ccc(CCC(=O)N2CCC(n3nnc4cc(F)ccc4c3=O)CC2)cc1. The van der Waals surface area contributed by atoms with Crippen LogP contribution >= 0.6 is 0 Å². The summed E-state index contributed by atoms with van der Waals surface area (Å²) in [7, 11) is 1.62. The Morgan fingerprint density at radius 3 is 2.60 bits per heavy atom. The van der Waals surface area contributed by atoms with E-state index in [1.807, 2.05) is 29.2 Å². The maximum atomic E-state index is 13.3. The second kappa shape index (κ2) is 8.61. The van der Waals surface area contributed by atoms with E-state index in [1.54, 1.807) is 7.11 Å². The van der Waals surface area contributed by atoms with Crippen molar-refractivity contribution in [1.29, 1.82) is 0 Å². The van der Waals surface area contributed by atoms with E-state index in [9.17, 15) is 14.0 Å². The molecule has 30 heavy (non-hydrogen) atoms. The first-order valence-corrected chi connectivity index (χ1v) is 10.0. The normalized spacial score (nSPS) is 14.8. The number of carbonyl (C=O) groups is 1. The van der Waals surface area contributed by atoms with Crippen molar-refractivity contribution in [1.82, 2.24) is 19.9 Å². The van der Waals surface area contributed by atoms with Crippen molar-refractivity contribution in [3.8, 4) is 5.75 Å². The number of methoxy groups -OCH3 is 1. The highest BCUT2D eigenvalue weighted by Crippen LogP contribution is 2.22. The van der Waals surface area contributed by atoms with Crippen molar-refractivity contribution < 1.29 is 13.9 Å². The standard InChI is InChI=1S/C22H23FN4O3/c1-30-18-6-2-15(3-7-18)4-9-21(28)26-12-10-17(11-13-26)27-22(29)19-8-5-16(23)14-20(19)24-25-27/h2-3,5-8,14,17H,4,9-13H2,1H3. The zero-order valence-corrected chi connectivity index (χ0v) is 16.8. The van der Waals surface area contributed by atoms with Crippen LogP contribution in [-0.2, 0) is 11.2 Å². The summed E-state index contributed by atoms with van der Waals surface area (Å²) in [5.74, 6) is 0.455. The summed E-state index contributed by atoms with van der Waals surface area (Å²) in [6, 6.07) is 11.5. The molecule has 0 bridgehead atoms. The minimum Gasteiger partial charge on any atom is -0.497 e. The van der Waals surface area contributed by atoms with Crippen LogP contribution in [0.4, 0.5) is 4.39 Å². The molecule has 1 aliphatic rings. The average Bonchev–Trinajstić information content (AvgIpc) is 2.78. The maximum absolute atomic E-state index is 13.3. The van der Waals surface area contributed by atoms with E-state index < -0.39 is 5.82 Å². The molecule has 1 aromatic heterocycles. The molecule has 0 saturated carbocycles. The molecule has 4 rings (SSSR count). The first-order chi connectivity index (χ1) is 14.5. The number of hydrogen-bond acceptors (Lipinski definition) is 5.